The third kappa shape index (κ3) is 2.15. The highest BCUT2D eigenvalue weighted by Crippen LogP contribution is 2.33. The van der Waals surface area contributed by atoms with Crippen molar-refractivity contribution in [1.82, 2.24) is 4.31 Å². The minimum atomic E-state index is -3.66. The maximum atomic E-state index is 12.3. The van der Waals surface area contributed by atoms with Crippen LogP contribution in [0, 0.1) is 0 Å². The third-order valence-electron chi connectivity index (χ3n) is 3.26. The summed E-state index contributed by atoms with van der Waals surface area (Å²) in [5, 5.41) is 12.2. The van der Waals surface area contributed by atoms with E-state index in [0.29, 0.717) is 11.4 Å². The van der Waals surface area contributed by atoms with Gasteiger partial charge in [0.2, 0.25) is 10.0 Å². The highest BCUT2D eigenvalue weighted by atomic mass is 32.2. The Morgan fingerprint density at radius 2 is 2.10 bits per heavy atom. The summed E-state index contributed by atoms with van der Waals surface area (Å²) in [5.74, 6) is 0.123. The number of sulfonamides is 1. The van der Waals surface area contributed by atoms with Gasteiger partial charge >= 0.3 is 0 Å². The van der Waals surface area contributed by atoms with Gasteiger partial charge < -0.3 is 15.2 Å². The average molecular weight is 298 g/mol. The van der Waals surface area contributed by atoms with Crippen LogP contribution in [0.25, 0.3) is 0 Å². The summed E-state index contributed by atoms with van der Waals surface area (Å²) in [6, 6.07) is 4.31. The number of nitrogens with zero attached hydrogens (tertiary/aromatic N) is 1. The molecule has 0 unspecified atom stereocenters. The molecule has 0 aromatic heterocycles. The zero-order chi connectivity index (χ0) is 14.5. The van der Waals surface area contributed by atoms with Gasteiger partial charge in [-0.25, -0.2) is 8.42 Å². The maximum absolute atomic E-state index is 12.3. The second-order valence-electron chi connectivity index (χ2n) is 5.26. The molecular weight excluding hydrogens is 284 g/mol. The molecule has 108 valence electrons. The van der Waals surface area contributed by atoms with E-state index in [0.717, 1.165) is 0 Å². The lowest BCUT2D eigenvalue weighted by Gasteiger charge is -2.42. The molecular formula is C12H14N2O5S. The molecule has 2 aliphatic heterocycles. The molecule has 1 fully saturated rings. The van der Waals surface area contributed by atoms with E-state index in [4.69, 9.17) is 4.74 Å². The zero-order valence-electron chi connectivity index (χ0n) is 10.8. The monoisotopic (exact) mass is 298 g/mol. The van der Waals surface area contributed by atoms with Crippen molar-refractivity contribution in [2.45, 2.75) is 17.4 Å². The molecule has 2 N–H and O–H groups in total. The number of hydrogen-bond acceptors (Lipinski definition) is 5. The SMILES string of the molecule is CC1(O)CN(S(=O)(=O)c2ccc3c(c2)NC(=O)CO3)C1. The van der Waals surface area contributed by atoms with Gasteiger partial charge in [-0.15, -0.1) is 0 Å². The first-order valence-electron chi connectivity index (χ1n) is 6.07. The Morgan fingerprint density at radius 3 is 2.75 bits per heavy atom. The number of amides is 1. The van der Waals surface area contributed by atoms with Gasteiger partial charge in [0, 0.05) is 13.1 Å². The minimum Gasteiger partial charge on any atom is -0.482 e. The number of nitrogens with one attached hydrogen (secondary N) is 1. The molecule has 1 aromatic carbocycles. The van der Waals surface area contributed by atoms with Crippen LogP contribution in [-0.4, -0.2) is 49.0 Å². The van der Waals surface area contributed by atoms with Crippen molar-refractivity contribution < 1.29 is 23.1 Å². The van der Waals surface area contributed by atoms with Gasteiger partial charge in [0.1, 0.15) is 5.75 Å². The van der Waals surface area contributed by atoms with Gasteiger partial charge in [0.25, 0.3) is 5.91 Å². The van der Waals surface area contributed by atoms with Crippen molar-refractivity contribution >= 4 is 21.6 Å². The van der Waals surface area contributed by atoms with Gasteiger partial charge in [-0.3, -0.25) is 4.79 Å². The predicted octanol–water partition coefficient (Wildman–Crippen LogP) is -0.227. The van der Waals surface area contributed by atoms with Crippen molar-refractivity contribution in [3.8, 4) is 5.75 Å². The Balaban J connectivity index is 1.91. The topological polar surface area (TPSA) is 95.9 Å². The molecule has 0 spiro atoms. The lowest BCUT2D eigenvalue weighted by molar-refractivity contribution is -0.118. The number of carbonyl (C=O) groups excluding carboxylic acids is 1. The van der Waals surface area contributed by atoms with Gasteiger partial charge in [-0.1, -0.05) is 0 Å². The van der Waals surface area contributed by atoms with Gasteiger partial charge in [0.15, 0.2) is 6.61 Å². The quantitative estimate of drug-likeness (QED) is 0.786. The number of anilines is 1. The van der Waals surface area contributed by atoms with E-state index in [2.05, 4.69) is 5.32 Å². The molecule has 0 bridgehead atoms. The molecule has 1 aromatic rings. The van der Waals surface area contributed by atoms with Crippen LogP contribution in [0.4, 0.5) is 5.69 Å². The standard InChI is InChI=1S/C12H14N2O5S/c1-12(16)6-14(7-12)20(17,18)8-2-3-10-9(4-8)13-11(15)5-19-10/h2-4,16H,5-7H2,1H3,(H,13,15). The fourth-order valence-corrected chi connectivity index (χ4v) is 3.96. The van der Waals surface area contributed by atoms with Crippen LogP contribution in [0.2, 0.25) is 0 Å². The fraction of sp³-hybridized carbons (Fsp3) is 0.417. The Hall–Kier alpha value is -1.64. The van der Waals surface area contributed by atoms with Crippen LogP contribution < -0.4 is 10.1 Å². The summed E-state index contributed by atoms with van der Waals surface area (Å²) in [6.45, 7) is 1.64. The van der Waals surface area contributed by atoms with E-state index in [9.17, 15) is 18.3 Å². The first-order valence-corrected chi connectivity index (χ1v) is 7.51. The zero-order valence-corrected chi connectivity index (χ0v) is 11.6. The van der Waals surface area contributed by atoms with Crippen LogP contribution in [0.1, 0.15) is 6.92 Å². The van der Waals surface area contributed by atoms with Crippen molar-refractivity contribution in [2.75, 3.05) is 25.0 Å². The summed E-state index contributed by atoms with van der Waals surface area (Å²) >= 11 is 0. The van der Waals surface area contributed by atoms with Crippen molar-refractivity contribution in [3.05, 3.63) is 18.2 Å². The van der Waals surface area contributed by atoms with Gasteiger partial charge in [-0.05, 0) is 25.1 Å². The van der Waals surface area contributed by atoms with Gasteiger partial charge in [0.05, 0.1) is 16.2 Å². The summed E-state index contributed by atoms with van der Waals surface area (Å²) < 4.78 is 31.0. The van der Waals surface area contributed by atoms with Crippen molar-refractivity contribution in [3.63, 3.8) is 0 Å². The van der Waals surface area contributed by atoms with E-state index in [1.54, 1.807) is 6.92 Å². The molecule has 2 heterocycles. The minimum absolute atomic E-state index is 0.0648. The highest BCUT2D eigenvalue weighted by molar-refractivity contribution is 7.89. The number of β-amino-alcohol motifs (C(OH)–C–C–N with tert-alkyl or cyclic N) is 1. The van der Waals surface area contributed by atoms with E-state index in [1.807, 2.05) is 0 Å². The molecule has 0 aliphatic carbocycles. The molecule has 1 amide bonds. The maximum Gasteiger partial charge on any atom is 0.262 e. The summed E-state index contributed by atoms with van der Waals surface area (Å²) in [4.78, 5) is 11.3. The van der Waals surface area contributed by atoms with Crippen LogP contribution in [0.5, 0.6) is 5.75 Å². The molecule has 8 heteroatoms. The predicted molar refractivity (Wildman–Crippen MR) is 69.9 cm³/mol. The lowest BCUT2D eigenvalue weighted by Crippen LogP contribution is -2.61. The smallest absolute Gasteiger partial charge is 0.262 e. The van der Waals surface area contributed by atoms with Crippen LogP contribution in [0.3, 0.4) is 0 Å². The van der Waals surface area contributed by atoms with E-state index < -0.39 is 15.6 Å². The van der Waals surface area contributed by atoms with E-state index >= 15 is 0 Å². The summed E-state index contributed by atoms with van der Waals surface area (Å²) in [7, 11) is -3.66. The fourth-order valence-electron chi connectivity index (χ4n) is 2.26. The number of benzene rings is 1. The first-order chi connectivity index (χ1) is 9.28. The van der Waals surface area contributed by atoms with Gasteiger partial charge in [-0.2, -0.15) is 4.31 Å². The number of aliphatic hydroxyl groups is 1. The van der Waals surface area contributed by atoms with E-state index in [-0.39, 0.29) is 30.5 Å². The number of hydrogen-bond donors (Lipinski definition) is 2. The highest BCUT2D eigenvalue weighted by Gasteiger charge is 2.44. The van der Waals surface area contributed by atoms with Crippen molar-refractivity contribution in [2.24, 2.45) is 0 Å². The third-order valence-corrected chi connectivity index (χ3v) is 5.04. The molecule has 0 atom stereocenters. The normalized spacial score (nSPS) is 21.4. The molecule has 0 radical (unpaired) electrons. The van der Waals surface area contributed by atoms with Crippen LogP contribution >= 0.6 is 0 Å². The van der Waals surface area contributed by atoms with Crippen molar-refractivity contribution in [1.29, 1.82) is 0 Å². The Morgan fingerprint density at radius 1 is 1.40 bits per heavy atom. The molecule has 0 saturated carbocycles. The number of fused-ring (bicyclic) bond motifs is 1. The van der Waals surface area contributed by atoms with Crippen LogP contribution in [-0.2, 0) is 14.8 Å². The molecule has 7 nitrogen and oxygen atoms in total. The average Bonchev–Trinajstić information content (AvgIpc) is 2.34. The Labute approximate surface area is 116 Å². The lowest BCUT2D eigenvalue weighted by atomic mass is 10.0. The number of ether oxygens (including phenoxy) is 1. The van der Waals surface area contributed by atoms with Crippen LogP contribution in [0.15, 0.2) is 23.1 Å². The molecule has 3 rings (SSSR count). The Kier molecular flexibility index (Phi) is 2.79. The van der Waals surface area contributed by atoms with E-state index in [1.165, 1.54) is 22.5 Å². The molecule has 1 saturated heterocycles. The largest absolute Gasteiger partial charge is 0.482 e. The molecule has 2 aliphatic rings. The summed E-state index contributed by atoms with van der Waals surface area (Å²) in [5.41, 5.74) is -0.631. The summed E-state index contributed by atoms with van der Waals surface area (Å²) in [6.07, 6.45) is 0. The first kappa shape index (κ1) is 13.3. The number of rotatable bonds is 2. The Bertz CT molecular complexity index is 675. The number of carbonyl (C=O) groups is 1. The molecule has 20 heavy (non-hydrogen) atoms. The second kappa shape index (κ2) is 4.18. The second-order valence-corrected chi connectivity index (χ2v) is 7.20.